The molecular formula is C12H22N4O. The predicted octanol–water partition coefficient (Wildman–Crippen LogP) is 1.36. The highest BCUT2D eigenvalue weighted by Crippen LogP contribution is 2.32. The van der Waals surface area contributed by atoms with Crippen molar-refractivity contribution in [1.29, 1.82) is 0 Å². The molecule has 0 aromatic carbocycles. The summed E-state index contributed by atoms with van der Waals surface area (Å²) in [5.74, 6) is 1.26. The summed E-state index contributed by atoms with van der Waals surface area (Å²) >= 11 is 0. The Hall–Kier alpha value is -1.23. The fourth-order valence-electron chi connectivity index (χ4n) is 2.69. The van der Waals surface area contributed by atoms with Crippen LogP contribution in [0.15, 0.2) is 6.20 Å². The van der Waals surface area contributed by atoms with Crippen molar-refractivity contribution in [2.45, 2.75) is 38.2 Å². The molecule has 1 heterocycles. The van der Waals surface area contributed by atoms with Gasteiger partial charge >= 0.3 is 0 Å². The summed E-state index contributed by atoms with van der Waals surface area (Å²) in [6.45, 7) is 2.72. The van der Waals surface area contributed by atoms with Crippen molar-refractivity contribution in [2.75, 3.05) is 17.6 Å². The van der Waals surface area contributed by atoms with Gasteiger partial charge in [-0.3, -0.25) is 4.68 Å². The lowest BCUT2D eigenvalue weighted by molar-refractivity contribution is -0.000820. The number of nitrogen functional groups attached to an aromatic ring is 1. The molecule has 1 aromatic heterocycles. The maximum atomic E-state index is 10.5. The molecule has 0 aliphatic heterocycles. The van der Waals surface area contributed by atoms with E-state index in [0.29, 0.717) is 24.0 Å². The van der Waals surface area contributed by atoms with Crippen LogP contribution in [0.2, 0.25) is 0 Å². The van der Waals surface area contributed by atoms with Crippen LogP contribution in [0.3, 0.4) is 0 Å². The Morgan fingerprint density at radius 3 is 3.06 bits per heavy atom. The third-order valence-electron chi connectivity index (χ3n) is 3.51. The molecule has 1 aliphatic rings. The molecular weight excluding hydrogens is 216 g/mol. The summed E-state index contributed by atoms with van der Waals surface area (Å²) in [4.78, 5) is 0. The Morgan fingerprint density at radius 1 is 1.71 bits per heavy atom. The Morgan fingerprint density at radius 2 is 2.47 bits per heavy atom. The maximum absolute atomic E-state index is 10.5. The van der Waals surface area contributed by atoms with Crippen molar-refractivity contribution < 1.29 is 5.11 Å². The van der Waals surface area contributed by atoms with Crippen molar-refractivity contribution in [3.05, 3.63) is 6.20 Å². The van der Waals surface area contributed by atoms with Gasteiger partial charge in [0.15, 0.2) is 5.82 Å². The molecule has 2 atom stereocenters. The Balaban J connectivity index is 1.95. The first-order valence-electron chi connectivity index (χ1n) is 6.24. The predicted molar refractivity (Wildman–Crippen MR) is 68.7 cm³/mol. The number of nitrogens with one attached hydrogen (secondary N) is 1. The molecule has 0 amide bonds. The van der Waals surface area contributed by atoms with Gasteiger partial charge < -0.3 is 16.2 Å². The molecule has 0 radical (unpaired) electrons. The van der Waals surface area contributed by atoms with E-state index in [9.17, 15) is 5.11 Å². The van der Waals surface area contributed by atoms with E-state index < -0.39 is 5.60 Å². The monoisotopic (exact) mass is 238 g/mol. The lowest BCUT2D eigenvalue weighted by atomic mass is 9.79. The Kier molecular flexibility index (Phi) is 3.28. The van der Waals surface area contributed by atoms with E-state index in [1.807, 2.05) is 7.05 Å². The number of aliphatic hydroxyl groups is 1. The van der Waals surface area contributed by atoms with Crippen LogP contribution >= 0.6 is 0 Å². The molecule has 5 nitrogen and oxygen atoms in total. The van der Waals surface area contributed by atoms with Crippen LogP contribution in [-0.2, 0) is 7.05 Å². The van der Waals surface area contributed by atoms with E-state index in [1.54, 1.807) is 10.9 Å². The second kappa shape index (κ2) is 4.56. The zero-order valence-corrected chi connectivity index (χ0v) is 10.6. The molecule has 5 heteroatoms. The average molecular weight is 238 g/mol. The van der Waals surface area contributed by atoms with Gasteiger partial charge in [0.05, 0.1) is 11.3 Å². The minimum atomic E-state index is -0.609. The molecule has 17 heavy (non-hydrogen) atoms. The molecule has 1 saturated carbocycles. The first-order chi connectivity index (χ1) is 7.98. The van der Waals surface area contributed by atoms with Gasteiger partial charge in [-0.05, 0) is 18.8 Å². The minimum Gasteiger partial charge on any atom is -0.394 e. The number of rotatable bonds is 3. The Labute approximate surface area is 102 Å². The van der Waals surface area contributed by atoms with Crippen molar-refractivity contribution in [2.24, 2.45) is 13.0 Å². The maximum Gasteiger partial charge on any atom is 0.171 e. The van der Waals surface area contributed by atoms with E-state index in [-0.39, 0.29) is 0 Å². The highest BCUT2D eigenvalue weighted by Gasteiger charge is 2.32. The third kappa shape index (κ3) is 2.91. The van der Waals surface area contributed by atoms with E-state index in [1.165, 1.54) is 6.42 Å². The lowest BCUT2D eigenvalue weighted by Gasteiger charge is -2.35. The fraction of sp³-hybridized carbons (Fsp3) is 0.750. The zero-order chi connectivity index (χ0) is 12.5. The molecule has 2 unspecified atom stereocenters. The smallest absolute Gasteiger partial charge is 0.171 e. The van der Waals surface area contributed by atoms with Crippen LogP contribution < -0.4 is 11.1 Å². The van der Waals surface area contributed by atoms with E-state index in [4.69, 9.17) is 5.73 Å². The van der Waals surface area contributed by atoms with Crippen LogP contribution in [0, 0.1) is 5.92 Å². The molecule has 2 rings (SSSR count). The number of hydrogen-bond acceptors (Lipinski definition) is 4. The quantitative estimate of drug-likeness (QED) is 0.743. The van der Waals surface area contributed by atoms with Gasteiger partial charge in [-0.15, -0.1) is 0 Å². The second-order valence-electron chi connectivity index (χ2n) is 5.39. The Bertz CT molecular complexity index is 390. The highest BCUT2D eigenvalue weighted by molar-refractivity contribution is 5.59. The number of anilines is 2. The summed E-state index contributed by atoms with van der Waals surface area (Å²) in [6.07, 6.45) is 5.78. The SMILES string of the molecule is CC1CCCC(O)(CNc2nn(C)cc2N)C1. The minimum absolute atomic E-state index is 0.526. The average Bonchev–Trinajstić information content (AvgIpc) is 2.54. The van der Waals surface area contributed by atoms with Crippen LogP contribution in [0.5, 0.6) is 0 Å². The first-order valence-corrected chi connectivity index (χ1v) is 6.24. The van der Waals surface area contributed by atoms with Gasteiger partial charge in [0.2, 0.25) is 0 Å². The van der Waals surface area contributed by atoms with E-state index in [0.717, 1.165) is 19.3 Å². The number of nitrogens with zero attached hydrogens (tertiary/aromatic N) is 2. The van der Waals surface area contributed by atoms with Gasteiger partial charge in [0, 0.05) is 19.8 Å². The van der Waals surface area contributed by atoms with Gasteiger partial charge in [-0.25, -0.2) is 0 Å². The summed E-state index contributed by atoms with van der Waals surface area (Å²) in [7, 11) is 1.83. The van der Waals surface area contributed by atoms with Gasteiger partial charge in [0.25, 0.3) is 0 Å². The van der Waals surface area contributed by atoms with Crippen LogP contribution in [0.1, 0.15) is 32.6 Å². The summed E-state index contributed by atoms with van der Waals surface area (Å²) in [5, 5.41) is 17.8. The molecule has 1 fully saturated rings. The molecule has 4 N–H and O–H groups in total. The molecule has 0 saturated heterocycles. The third-order valence-corrected chi connectivity index (χ3v) is 3.51. The second-order valence-corrected chi connectivity index (χ2v) is 5.39. The van der Waals surface area contributed by atoms with Crippen LogP contribution in [0.4, 0.5) is 11.5 Å². The number of hydrogen-bond donors (Lipinski definition) is 3. The molecule has 0 bridgehead atoms. The topological polar surface area (TPSA) is 76.1 Å². The number of aryl methyl sites for hydroxylation is 1. The van der Waals surface area contributed by atoms with Gasteiger partial charge in [-0.2, -0.15) is 5.10 Å². The van der Waals surface area contributed by atoms with Crippen molar-refractivity contribution in [3.8, 4) is 0 Å². The number of aromatic nitrogens is 2. The summed E-state index contributed by atoms with van der Waals surface area (Å²) in [6, 6.07) is 0. The largest absolute Gasteiger partial charge is 0.394 e. The number of nitrogens with two attached hydrogens (primary N) is 1. The first kappa shape index (κ1) is 12.2. The zero-order valence-electron chi connectivity index (χ0n) is 10.6. The standard InChI is InChI=1S/C12H22N4O/c1-9-4-3-5-12(17,6-9)8-14-11-10(13)7-16(2)15-11/h7,9,17H,3-6,8,13H2,1-2H3,(H,14,15). The normalized spacial score (nSPS) is 29.2. The summed E-state index contributed by atoms with van der Waals surface area (Å²) < 4.78 is 1.67. The fourth-order valence-corrected chi connectivity index (χ4v) is 2.69. The van der Waals surface area contributed by atoms with Crippen LogP contribution in [-0.4, -0.2) is 27.0 Å². The molecule has 96 valence electrons. The molecule has 0 spiro atoms. The molecule has 1 aliphatic carbocycles. The van der Waals surface area contributed by atoms with Crippen molar-refractivity contribution >= 4 is 11.5 Å². The van der Waals surface area contributed by atoms with Crippen molar-refractivity contribution in [3.63, 3.8) is 0 Å². The van der Waals surface area contributed by atoms with Gasteiger partial charge in [-0.1, -0.05) is 19.8 Å². The highest BCUT2D eigenvalue weighted by atomic mass is 16.3. The van der Waals surface area contributed by atoms with Gasteiger partial charge in [0.1, 0.15) is 0 Å². The van der Waals surface area contributed by atoms with Crippen LogP contribution in [0.25, 0.3) is 0 Å². The summed E-state index contributed by atoms with van der Waals surface area (Å²) in [5.41, 5.74) is 5.82. The lowest BCUT2D eigenvalue weighted by Crippen LogP contribution is -2.41. The van der Waals surface area contributed by atoms with E-state index in [2.05, 4.69) is 17.3 Å². The van der Waals surface area contributed by atoms with E-state index >= 15 is 0 Å². The molecule has 1 aromatic rings. The van der Waals surface area contributed by atoms with Crippen molar-refractivity contribution in [1.82, 2.24) is 9.78 Å².